The molecule has 0 saturated carbocycles. The van der Waals surface area contributed by atoms with Crippen LogP contribution < -0.4 is 15.2 Å². The standard InChI is InChI=1S/C10H12BNO3/c1-6(12)4-7-2-3-8-9(5-7)15-10(11,13)14-8/h2-3,5-6,13H,4,12H2,1H3. The summed E-state index contributed by atoms with van der Waals surface area (Å²) in [5.74, 6) is -1.17. The Labute approximate surface area is 89.4 Å². The molecule has 2 unspecified atom stereocenters. The average molecular weight is 205 g/mol. The minimum Gasteiger partial charge on any atom is -0.435 e. The van der Waals surface area contributed by atoms with E-state index in [-0.39, 0.29) is 6.04 Å². The van der Waals surface area contributed by atoms with Gasteiger partial charge < -0.3 is 20.3 Å². The monoisotopic (exact) mass is 205 g/mol. The number of ether oxygens (including phenoxy) is 2. The smallest absolute Gasteiger partial charge is 0.302 e. The molecule has 0 fully saturated rings. The lowest BCUT2D eigenvalue weighted by atomic mass is 10.1. The summed E-state index contributed by atoms with van der Waals surface area (Å²) in [5, 5.41) is 9.30. The third-order valence-corrected chi connectivity index (χ3v) is 2.08. The van der Waals surface area contributed by atoms with E-state index in [1.165, 1.54) is 0 Å². The average Bonchev–Trinajstić information content (AvgIpc) is 2.36. The second kappa shape index (κ2) is 3.43. The van der Waals surface area contributed by atoms with Gasteiger partial charge in [-0.25, -0.2) is 0 Å². The van der Waals surface area contributed by atoms with E-state index in [1.807, 2.05) is 13.0 Å². The highest BCUT2D eigenvalue weighted by Crippen LogP contribution is 2.37. The fourth-order valence-corrected chi connectivity index (χ4v) is 1.55. The first-order valence-corrected chi connectivity index (χ1v) is 4.74. The summed E-state index contributed by atoms with van der Waals surface area (Å²) >= 11 is 0. The van der Waals surface area contributed by atoms with Gasteiger partial charge in [-0.2, -0.15) is 0 Å². The third-order valence-electron chi connectivity index (χ3n) is 2.08. The summed E-state index contributed by atoms with van der Waals surface area (Å²) in [6, 6.07) is 5.41. The number of benzene rings is 1. The van der Waals surface area contributed by atoms with Crippen LogP contribution in [-0.2, 0) is 6.42 Å². The van der Waals surface area contributed by atoms with Crippen LogP contribution in [0.3, 0.4) is 0 Å². The van der Waals surface area contributed by atoms with Crippen LogP contribution in [0.4, 0.5) is 0 Å². The number of hydrogen-bond acceptors (Lipinski definition) is 4. The molecular formula is C10H12BNO3. The van der Waals surface area contributed by atoms with E-state index in [4.69, 9.17) is 23.1 Å². The van der Waals surface area contributed by atoms with Gasteiger partial charge in [0.2, 0.25) is 7.85 Å². The van der Waals surface area contributed by atoms with Gasteiger partial charge in [-0.05, 0) is 31.0 Å². The second-order valence-corrected chi connectivity index (χ2v) is 3.80. The van der Waals surface area contributed by atoms with Crippen molar-refractivity contribution in [3.63, 3.8) is 0 Å². The van der Waals surface area contributed by atoms with Crippen LogP contribution >= 0.6 is 0 Å². The summed E-state index contributed by atoms with van der Waals surface area (Å²) < 4.78 is 9.92. The number of rotatable bonds is 2. The summed E-state index contributed by atoms with van der Waals surface area (Å²) in [5.41, 5.74) is 6.70. The Hall–Kier alpha value is -1.20. The predicted molar refractivity (Wildman–Crippen MR) is 55.8 cm³/mol. The zero-order chi connectivity index (χ0) is 11.1. The molecule has 1 aliphatic heterocycles. The van der Waals surface area contributed by atoms with E-state index in [0.29, 0.717) is 11.5 Å². The zero-order valence-corrected chi connectivity index (χ0v) is 8.43. The number of hydrogen-bond donors (Lipinski definition) is 2. The molecule has 78 valence electrons. The maximum Gasteiger partial charge on any atom is 0.302 e. The van der Waals surface area contributed by atoms with Gasteiger partial charge in [0.15, 0.2) is 11.5 Å². The van der Waals surface area contributed by atoms with Crippen molar-refractivity contribution >= 4 is 7.85 Å². The van der Waals surface area contributed by atoms with Gasteiger partial charge in [0.05, 0.1) is 0 Å². The van der Waals surface area contributed by atoms with Crippen molar-refractivity contribution in [1.82, 2.24) is 0 Å². The van der Waals surface area contributed by atoms with Crippen LogP contribution in [-0.4, -0.2) is 24.9 Å². The molecule has 2 radical (unpaired) electrons. The molecule has 3 N–H and O–H groups in total. The van der Waals surface area contributed by atoms with Crippen molar-refractivity contribution in [1.29, 1.82) is 0 Å². The lowest BCUT2D eigenvalue weighted by Crippen LogP contribution is -2.38. The third kappa shape index (κ3) is 2.24. The molecular weight excluding hydrogens is 193 g/mol. The van der Waals surface area contributed by atoms with E-state index in [1.54, 1.807) is 12.1 Å². The molecule has 0 bridgehead atoms. The van der Waals surface area contributed by atoms with Crippen LogP contribution in [0, 0.1) is 0 Å². The largest absolute Gasteiger partial charge is 0.435 e. The number of fused-ring (bicyclic) bond motifs is 1. The van der Waals surface area contributed by atoms with Gasteiger partial charge in [0.25, 0.3) is 0 Å². The molecule has 2 atom stereocenters. The minimum atomic E-state index is -2.05. The molecule has 0 saturated heterocycles. The van der Waals surface area contributed by atoms with Crippen LogP contribution in [0.2, 0.25) is 0 Å². The molecule has 5 heteroatoms. The van der Waals surface area contributed by atoms with Gasteiger partial charge in [-0.15, -0.1) is 0 Å². The van der Waals surface area contributed by atoms with E-state index in [2.05, 4.69) is 0 Å². The van der Waals surface area contributed by atoms with E-state index < -0.39 is 5.87 Å². The van der Waals surface area contributed by atoms with Crippen molar-refractivity contribution in [2.24, 2.45) is 5.73 Å². The van der Waals surface area contributed by atoms with Crippen LogP contribution in [0.15, 0.2) is 18.2 Å². The second-order valence-electron chi connectivity index (χ2n) is 3.80. The van der Waals surface area contributed by atoms with Gasteiger partial charge in [0, 0.05) is 6.04 Å². The molecule has 4 nitrogen and oxygen atoms in total. The van der Waals surface area contributed by atoms with Gasteiger partial charge in [-0.3, -0.25) is 0 Å². The summed E-state index contributed by atoms with van der Waals surface area (Å²) in [6.45, 7) is 1.92. The molecule has 1 aliphatic rings. The van der Waals surface area contributed by atoms with E-state index in [0.717, 1.165) is 12.0 Å². The molecule has 1 aromatic carbocycles. The van der Waals surface area contributed by atoms with Crippen LogP contribution in [0.25, 0.3) is 0 Å². The molecule has 0 aliphatic carbocycles. The maximum atomic E-state index is 9.30. The highest BCUT2D eigenvalue weighted by molar-refractivity contribution is 6.12. The highest BCUT2D eigenvalue weighted by Gasteiger charge is 2.33. The van der Waals surface area contributed by atoms with Crippen molar-refractivity contribution in [3.05, 3.63) is 23.8 Å². The van der Waals surface area contributed by atoms with Crippen molar-refractivity contribution in [2.45, 2.75) is 25.3 Å². The molecule has 0 spiro atoms. The minimum absolute atomic E-state index is 0.0714. The first-order valence-electron chi connectivity index (χ1n) is 4.74. The first kappa shape index (κ1) is 10.3. The van der Waals surface area contributed by atoms with Crippen molar-refractivity contribution < 1.29 is 14.6 Å². The van der Waals surface area contributed by atoms with E-state index >= 15 is 0 Å². The maximum absolute atomic E-state index is 9.30. The molecule has 0 amide bonds. The molecule has 15 heavy (non-hydrogen) atoms. The Morgan fingerprint density at radius 3 is 2.80 bits per heavy atom. The Balaban J connectivity index is 2.23. The molecule has 0 aromatic heterocycles. The Morgan fingerprint density at radius 2 is 2.13 bits per heavy atom. The topological polar surface area (TPSA) is 64.7 Å². The predicted octanol–water partition coefficient (Wildman–Crippen LogP) is 0.120. The fourth-order valence-electron chi connectivity index (χ4n) is 1.55. The molecule has 1 heterocycles. The summed E-state index contributed by atoms with van der Waals surface area (Å²) in [4.78, 5) is 0. The molecule has 2 rings (SSSR count). The Morgan fingerprint density at radius 1 is 1.47 bits per heavy atom. The van der Waals surface area contributed by atoms with Gasteiger partial charge >= 0.3 is 5.87 Å². The Bertz CT molecular complexity index is 379. The lowest BCUT2D eigenvalue weighted by Gasteiger charge is -2.15. The summed E-state index contributed by atoms with van der Waals surface area (Å²) in [7, 11) is 5.27. The van der Waals surface area contributed by atoms with Crippen molar-refractivity contribution in [3.8, 4) is 11.5 Å². The van der Waals surface area contributed by atoms with E-state index in [9.17, 15) is 5.11 Å². The van der Waals surface area contributed by atoms with Gasteiger partial charge in [-0.1, -0.05) is 6.07 Å². The fraction of sp³-hybridized carbons (Fsp3) is 0.400. The van der Waals surface area contributed by atoms with Gasteiger partial charge in [0.1, 0.15) is 0 Å². The van der Waals surface area contributed by atoms with Crippen molar-refractivity contribution in [2.75, 3.05) is 0 Å². The quantitative estimate of drug-likeness (QED) is 0.673. The summed E-state index contributed by atoms with van der Waals surface area (Å²) in [6.07, 6.45) is 0.736. The van der Waals surface area contributed by atoms with Crippen LogP contribution in [0.1, 0.15) is 12.5 Å². The SMILES string of the molecule is [B]C1(O)Oc2ccc(CC(C)N)cc2O1. The highest BCUT2D eigenvalue weighted by atomic mass is 16.8. The Kier molecular flexibility index (Phi) is 2.36. The number of nitrogens with two attached hydrogens (primary N) is 1. The van der Waals surface area contributed by atoms with Crippen LogP contribution in [0.5, 0.6) is 11.5 Å². The normalized spacial score (nSPS) is 25.3. The number of aliphatic hydroxyl groups is 1. The lowest BCUT2D eigenvalue weighted by molar-refractivity contribution is -0.178. The molecule has 1 aromatic rings. The first-order chi connectivity index (χ1) is 6.96. The zero-order valence-electron chi connectivity index (χ0n) is 8.43.